The Balaban J connectivity index is 1.90. The molecule has 23 heavy (non-hydrogen) atoms. The average Bonchev–Trinajstić information content (AvgIpc) is 2.61. The van der Waals surface area contributed by atoms with Crippen LogP contribution in [0, 0.1) is 0 Å². The Morgan fingerprint density at radius 2 is 1.70 bits per heavy atom. The van der Waals surface area contributed by atoms with E-state index in [2.05, 4.69) is 42.6 Å². The minimum atomic E-state index is 0.0760. The SMILES string of the molecule is CCCCCCNC(=O)c1ccccc1[Se]Cc1ccccc1. The molecule has 0 fully saturated rings. The van der Waals surface area contributed by atoms with Crippen molar-refractivity contribution in [2.45, 2.75) is 37.9 Å². The summed E-state index contributed by atoms with van der Waals surface area (Å²) in [4.78, 5) is 12.4. The van der Waals surface area contributed by atoms with Gasteiger partial charge in [-0.25, -0.2) is 0 Å². The molecule has 0 spiro atoms. The molecule has 0 aliphatic heterocycles. The molecule has 3 heteroatoms. The fraction of sp³-hybridized carbons (Fsp3) is 0.350. The van der Waals surface area contributed by atoms with E-state index in [4.69, 9.17) is 0 Å². The number of benzene rings is 2. The number of nitrogens with one attached hydrogen (secondary N) is 1. The number of amides is 1. The molecule has 0 radical (unpaired) electrons. The summed E-state index contributed by atoms with van der Waals surface area (Å²) < 4.78 is 1.19. The summed E-state index contributed by atoms with van der Waals surface area (Å²) in [5.74, 6) is 0.0760. The van der Waals surface area contributed by atoms with Crippen LogP contribution in [0.4, 0.5) is 0 Å². The molecule has 0 aliphatic carbocycles. The molecule has 2 nitrogen and oxygen atoms in total. The van der Waals surface area contributed by atoms with Gasteiger partial charge in [0.05, 0.1) is 0 Å². The van der Waals surface area contributed by atoms with Gasteiger partial charge in [0.15, 0.2) is 0 Å². The zero-order valence-electron chi connectivity index (χ0n) is 13.8. The molecule has 0 aromatic heterocycles. The number of unbranched alkanes of at least 4 members (excludes halogenated alkanes) is 3. The third-order valence-corrected chi connectivity index (χ3v) is 6.09. The molecule has 0 bridgehead atoms. The van der Waals surface area contributed by atoms with Crippen molar-refractivity contribution >= 4 is 25.3 Å². The molecule has 0 atom stereocenters. The predicted molar refractivity (Wildman–Crippen MR) is 98.5 cm³/mol. The summed E-state index contributed by atoms with van der Waals surface area (Å²) in [6.45, 7) is 2.97. The first-order valence-corrected chi connectivity index (χ1v) is 10.4. The van der Waals surface area contributed by atoms with Crippen LogP contribution < -0.4 is 9.78 Å². The van der Waals surface area contributed by atoms with Gasteiger partial charge in [-0.2, -0.15) is 0 Å². The van der Waals surface area contributed by atoms with Crippen molar-refractivity contribution in [1.82, 2.24) is 5.32 Å². The second-order valence-electron chi connectivity index (χ2n) is 5.59. The average molecular weight is 374 g/mol. The first kappa shape index (κ1) is 17.8. The van der Waals surface area contributed by atoms with Gasteiger partial charge < -0.3 is 0 Å². The van der Waals surface area contributed by atoms with Gasteiger partial charge in [0.2, 0.25) is 0 Å². The molecular weight excluding hydrogens is 349 g/mol. The number of hydrogen-bond acceptors (Lipinski definition) is 1. The van der Waals surface area contributed by atoms with E-state index >= 15 is 0 Å². The number of hydrogen-bond donors (Lipinski definition) is 1. The summed E-state index contributed by atoms with van der Waals surface area (Å²) in [6, 6.07) is 18.5. The molecule has 2 aromatic carbocycles. The van der Waals surface area contributed by atoms with Gasteiger partial charge >= 0.3 is 146 Å². The Bertz CT molecular complexity index is 598. The van der Waals surface area contributed by atoms with Crippen LogP contribution in [-0.4, -0.2) is 27.4 Å². The molecule has 0 saturated heterocycles. The molecule has 2 aromatic rings. The zero-order valence-corrected chi connectivity index (χ0v) is 15.5. The van der Waals surface area contributed by atoms with E-state index < -0.39 is 0 Å². The quantitative estimate of drug-likeness (QED) is 0.528. The molecule has 1 amide bonds. The Labute approximate surface area is 145 Å². The van der Waals surface area contributed by atoms with E-state index in [0.29, 0.717) is 0 Å². The van der Waals surface area contributed by atoms with Crippen molar-refractivity contribution in [3.63, 3.8) is 0 Å². The van der Waals surface area contributed by atoms with E-state index in [0.717, 1.165) is 23.8 Å². The van der Waals surface area contributed by atoms with Crippen molar-refractivity contribution in [3.05, 3.63) is 65.7 Å². The minimum absolute atomic E-state index is 0.0760. The number of carbonyl (C=O) groups is 1. The van der Waals surface area contributed by atoms with E-state index in [-0.39, 0.29) is 20.9 Å². The van der Waals surface area contributed by atoms with Crippen LogP contribution in [0.3, 0.4) is 0 Å². The number of carbonyl (C=O) groups excluding carboxylic acids is 1. The Morgan fingerprint density at radius 1 is 0.957 bits per heavy atom. The van der Waals surface area contributed by atoms with Crippen LogP contribution in [0.25, 0.3) is 0 Å². The van der Waals surface area contributed by atoms with Crippen LogP contribution in [0.2, 0.25) is 0 Å². The van der Waals surface area contributed by atoms with Gasteiger partial charge in [-0.3, -0.25) is 0 Å². The molecule has 0 aliphatic rings. The molecule has 1 N–H and O–H groups in total. The summed E-state index contributed by atoms with van der Waals surface area (Å²) in [7, 11) is 0. The molecule has 0 unspecified atom stereocenters. The zero-order chi connectivity index (χ0) is 16.3. The van der Waals surface area contributed by atoms with E-state index in [1.54, 1.807) is 0 Å². The van der Waals surface area contributed by atoms with Crippen LogP contribution in [-0.2, 0) is 5.32 Å². The standard InChI is InChI=1S/C20H25NOSe/c1-2-3-4-10-15-21-20(22)18-13-8-9-14-19(18)23-16-17-11-6-5-7-12-17/h5-9,11-14H,2-4,10,15-16H2,1H3,(H,21,22). The summed E-state index contributed by atoms with van der Waals surface area (Å²) in [5, 5.41) is 4.09. The second-order valence-corrected chi connectivity index (χ2v) is 7.72. The maximum atomic E-state index is 12.4. The maximum absolute atomic E-state index is 12.4. The van der Waals surface area contributed by atoms with Gasteiger partial charge in [0, 0.05) is 0 Å². The molecular formula is C20H25NOSe. The monoisotopic (exact) mass is 375 g/mol. The van der Waals surface area contributed by atoms with E-state index in [1.165, 1.54) is 29.3 Å². The van der Waals surface area contributed by atoms with Gasteiger partial charge in [-0.15, -0.1) is 0 Å². The van der Waals surface area contributed by atoms with Crippen molar-refractivity contribution in [2.24, 2.45) is 0 Å². The molecule has 0 heterocycles. The first-order chi connectivity index (χ1) is 11.3. The fourth-order valence-corrected chi connectivity index (χ4v) is 4.47. The van der Waals surface area contributed by atoms with Gasteiger partial charge in [0.25, 0.3) is 0 Å². The van der Waals surface area contributed by atoms with E-state index in [9.17, 15) is 4.79 Å². The van der Waals surface area contributed by atoms with Gasteiger partial charge in [-0.05, 0) is 0 Å². The normalized spacial score (nSPS) is 10.5. The molecule has 2 rings (SSSR count). The van der Waals surface area contributed by atoms with Crippen molar-refractivity contribution in [3.8, 4) is 0 Å². The van der Waals surface area contributed by atoms with Crippen molar-refractivity contribution < 1.29 is 4.79 Å². The van der Waals surface area contributed by atoms with Crippen LogP contribution in [0.15, 0.2) is 54.6 Å². The Hall–Kier alpha value is -1.57. The number of rotatable bonds is 9. The summed E-state index contributed by atoms with van der Waals surface area (Å²) >= 11 is 0.275. The second kappa shape index (κ2) is 10.3. The molecule has 122 valence electrons. The molecule has 0 saturated carbocycles. The topological polar surface area (TPSA) is 29.1 Å². The van der Waals surface area contributed by atoms with Crippen LogP contribution >= 0.6 is 0 Å². The van der Waals surface area contributed by atoms with Crippen molar-refractivity contribution in [2.75, 3.05) is 6.54 Å². The van der Waals surface area contributed by atoms with E-state index in [1.807, 2.05) is 24.3 Å². The predicted octanol–water partition coefficient (Wildman–Crippen LogP) is 3.53. The Morgan fingerprint density at radius 3 is 2.48 bits per heavy atom. The van der Waals surface area contributed by atoms with Crippen LogP contribution in [0.1, 0.15) is 48.5 Å². The summed E-state index contributed by atoms with van der Waals surface area (Å²) in [6.07, 6.45) is 4.72. The van der Waals surface area contributed by atoms with Gasteiger partial charge in [0.1, 0.15) is 0 Å². The Kier molecular flexibility index (Phi) is 7.92. The third-order valence-electron chi connectivity index (χ3n) is 3.68. The third kappa shape index (κ3) is 6.21. The fourth-order valence-electron chi connectivity index (χ4n) is 2.36. The van der Waals surface area contributed by atoms with Crippen molar-refractivity contribution in [1.29, 1.82) is 0 Å². The van der Waals surface area contributed by atoms with Gasteiger partial charge in [-0.1, -0.05) is 0 Å². The summed E-state index contributed by atoms with van der Waals surface area (Å²) in [5.41, 5.74) is 2.18. The van der Waals surface area contributed by atoms with Crippen LogP contribution in [0.5, 0.6) is 0 Å². The first-order valence-electron chi connectivity index (χ1n) is 8.35.